The highest BCUT2D eigenvalue weighted by molar-refractivity contribution is 7.80. The van der Waals surface area contributed by atoms with E-state index in [0.717, 1.165) is 0 Å². The van der Waals surface area contributed by atoms with Gasteiger partial charge in [-0.2, -0.15) is 26.3 Å². The molecule has 0 aromatic heterocycles. The summed E-state index contributed by atoms with van der Waals surface area (Å²) in [6.07, 6.45) is -10.0. The molecule has 202 valence electrons. The molecule has 10 heteroatoms. The summed E-state index contributed by atoms with van der Waals surface area (Å²) in [5.74, 6) is 0. The molecule has 0 aliphatic heterocycles. The minimum absolute atomic E-state index is 0.0397. The predicted molar refractivity (Wildman–Crippen MR) is 141 cm³/mol. The van der Waals surface area contributed by atoms with Gasteiger partial charge in [-0.3, -0.25) is 0 Å². The molecule has 4 aromatic carbocycles. The van der Waals surface area contributed by atoms with E-state index >= 15 is 0 Å². The van der Waals surface area contributed by atoms with Crippen LogP contribution in [-0.4, -0.2) is 10.2 Å². The van der Waals surface area contributed by atoms with E-state index in [4.69, 9.17) is 12.2 Å². The monoisotopic (exact) mass is 560 g/mol. The summed E-state index contributed by atoms with van der Waals surface area (Å²) < 4.78 is 80.2. The highest BCUT2D eigenvalue weighted by Crippen LogP contribution is 2.42. The second kappa shape index (κ2) is 11.1. The first-order chi connectivity index (χ1) is 18.4. The predicted octanol–water partition coefficient (Wildman–Crippen LogP) is 7.69. The number of nitrogens with one attached hydrogen (secondary N) is 2. The van der Waals surface area contributed by atoms with Gasteiger partial charge in [-0.1, -0.05) is 91.0 Å². The van der Waals surface area contributed by atoms with E-state index in [2.05, 4.69) is 10.6 Å². The fourth-order valence-electron chi connectivity index (χ4n) is 4.28. The van der Waals surface area contributed by atoms with Gasteiger partial charge in [0.05, 0.1) is 17.2 Å². The van der Waals surface area contributed by atoms with Crippen molar-refractivity contribution in [2.24, 2.45) is 0 Å². The smallest absolute Gasteiger partial charge is 0.378 e. The summed E-state index contributed by atoms with van der Waals surface area (Å²) in [7, 11) is 0. The molecular weight excluding hydrogens is 538 g/mol. The molecule has 0 heterocycles. The quantitative estimate of drug-likeness (QED) is 0.167. The molecule has 3 N–H and O–H groups in total. The first-order valence-electron chi connectivity index (χ1n) is 11.6. The maximum atomic E-state index is 13.4. The molecule has 0 radical (unpaired) electrons. The van der Waals surface area contributed by atoms with Crippen LogP contribution in [0.1, 0.15) is 33.9 Å². The van der Waals surface area contributed by atoms with Gasteiger partial charge >= 0.3 is 12.4 Å². The maximum Gasteiger partial charge on any atom is 0.416 e. The van der Waals surface area contributed by atoms with Crippen molar-refractivity contribution in [3.8, 4) is 0 Å². The van der Waals surface area contributed by atoms with Gasteiger partial charge < -0.3 is 15.7 Å². The standard InChI is InChI=1S/C29H22F6N2OS/c30-28(31,32)22-16-23(29(33,34)35)18-24(17-22)36-26(39)37-25(19-10-4-1-5-11-19)27(38,20-12-6-2-7-13-20)21-14-8-3-9-15-21/h1-18,25,38H,(H2,36,37,39)/t25-/m0/s1. The number of hydrogen-bond donors (Lipinski definition) is 3. The molecule has 0 fully saturated rings. The molecule has 3 nitrogen and oxygen atoms in total. The molecule has 0 saturated heterocycles. The van der Waals surface area contributed by atoms with E-state index in [1.807, 2.05) is 0 Å². The van der Waals surface area contributed by atoms with Crippen molar-refractivity contribution in [2.45, 2.75) is 24.0 Å². The molecule has 1 atom stereocenters. The second-order valence-electron chi connectivity index (χ2n) is 8.74. The Bertz CT molecular complexity index is 1340. The molecule has 39 heavy (non-hydrogen) atoms. The van der Waals surface area contributed by atoms with E-state index in [1.54, 1.807) is 91.0 Å². The highest BCUT2D eigenvalue weighted by Gasteiger charge is 2.42. The lowest BCUT2D eigenvalue weighted by molar-refractivity contribution is -0.143. The van der Waals surface area contributed by atoms with Crippen molar-refractivity contribution in [1.29, 1.82) is 0 Å². The van der Waals surface area contributed by atoms with Crippen LogP contribution in [-0.2, 0) is 18.0 Å². The van der Waals surface area contributed by atoms with Crippen molar-refractivity contribution in [3.63, 3.8) is 0 Å². The van der Waals surface area contributed by atoms with Crippen LogP contribution in [0.4, 0.5) is 32.0 Å². The van der Waals surface area contributed by atoms with E-state index in [1.165, 1.54) is 0 Å². The number of benzene rings is 4. The number of hydrogen-bond acceptors (Lipinski definition) is 2. The zero-order chi connectivity index (χ0) is 28.3. The number of rotatable bonds is 6. The minimum Gasteiger partial charge on any atom is -0.378 e. The number of alkyl halides is 6. The molecule has 0 spiro atoms. The van der Waals surface area contributed by atoms with Crippen LogP contribution in [0.2, 0.25) is 0 Å². The van der Waals surface area contributed by atoms with Crippen molar-refractivity contribution in [2.75, 3.05) is 5.32 Å². The number of anilines is 1. The Morgan fingerprint density at radius 1 is 0.615 bits per heavy atom. The average Bonchev–Trinajstić information content (AvgIpc) is 2.91. The topological polar surface area (TPSA) is 44.3 Å². The summed E-state index contributed by atoms with van der Waals surface area (Å²) >= 11 is 5.36. The van der Waals surface area contributed by atoms with Crippen LogP contribution in [0.5, 0.6) is 0 Å². The average molecular weight is 561 g/mol. The SMILES string of the molecule is OC(c1ccccc1)(c1ccccc1)[C@@H](NC(=S)Nc1cc(C(F)(F)F)cc(C(F)(F)F)c1)c1ccccc1. The Morgan fingerprint density at radius 2 is 1.03 bits per heavy atom. The maximum absolute atomic E-state index is 13.4. The Morgan fingerprint density at radius 3 is 1.44 bits per heavy atom. The van der Waals surface area contributed by atoms with Crippen LogP contribution in [0.3, 0.4) is 0 Å². The lowest BCUT2D eigenvalue weighted by atomic mass is 9.77. The summed E-state index contributed by atoms with van der Waals surface area (Å²) in [6, 6.07) is 26.2. The van der Waals surface area contributed by atoms with Crippen LogP contribution in [0.15, 0.2) is 109 Å². The first-order valence-corrected chi connectivity index (χ1v) is 12.0. The van der Waals surface area contributed by atoms with Gasteiger partial charge in [0.1, 0.15) is 5.60 Å². The summed E-state index contributed by atoms with van der Waals surface area (Å²) in [4.78, 5) is 0. The zero-order valence-corrected chi connectivity index (χ0v) is 20.9. The van der Waals surface area contributed by atoms with E-state index in [9.17, 15) is 31.4 Å². The molecule has 0 saturated carbocycles. The van der Waals surface area contributed by atoms with E-state index in [0.29, 0.717) is 28.8 Å². The van der Waals surface area contributed by atoms with Crippen LogP contribution >= 0.6 is 12.2 Å². The van der Waals surface area contributed by atoms with Gasteiger partial charge in [0.2, 0.25) is 0 Å². The lowest BCUT2D eigenvalue weighted by Crippen LogP contribution is -2.46. The van der Waals surface area contributed by atoms with Gasteiger partial charge in [0, 0.05) is 5.69 Å². The van der Waals surface area contributed by atoms with Gasteiger partial charge in [-0.25, -0.2) is 0 Å². The van der Waals surface area contributed by atoms with Crippen molar-refractivity contribution in [1.82, 2.24) is 5.32 Å². The third-order valence-corrected chi connectivity index (χ3v) is 6.32. The van der Waals surface area contributed by atoms with Crippen LogP contribution < -0.4 is 10.6 Å². The second-order valence-corrected chi connectivity index (χ2v) is 9.14. The van der Waals surface area contributed by atoms with Crippen LogP contribution in [0.25, 0.3) is 0 Å². The van der Waals surface area contributed by atoms with Gasteiger partial charge in [-0.05, 0) is 47.1 Å². The molecule has 4 rings (SSSR count). The van der Waals surface area contributed by atoms with E-state index < -0.39 is 40.8 Å². The molecular formula is C29H22F6N2OS. The molecule has 4 aromatic rings. The third-order valence-electron chi connectivity index (χ3n) is 6.10. The van der Waals surface area contributed by atoms with Crippen molar-refractivity contribution >= 4 is 23.0 Å². The van der Waals surface area contributed by atoms with E-state index in [-0.39, 0.29) is 11.2 Å². The fraction of sp³-hybridized carbons (Fsp3) is 0.138. The Hall–Kier alpha value is -3.89. The van der Waals surface area contributed by atoms with Crippen LogP contribution in [0, 0.1) is 0 Å². The Labute approximate surface area is 226 Å². The van der Waals surface area contributed by atoms with Crippen molar-refractivity contribution < 1.29 is 31.4 Å². The Balaban J connectivity index is 1.77. The highest BCUT2D eigenvalue weighted by atomic mass is 32.1. The summed E-state index contributed by atoms with van der Waals surface area (Å²) in [6.45, 7) is 0. The molecule has 0 aliphatic carbocycles. The number of aliphatic hydroxyl groups is 1. The zero-order valence-electron chi connectivity index (χ0n) is 20.1. The van der Waals surface area contributed by atoms with Gasteiger partial charge in [0.15, 0.2) is 5.11 Å². The number of halogens is 6. The summed E-state index contributed by atoms with van der Waals surface area (Å²) in [5, 5.41) is 17.4. The normalized spacial score (nSPS) is 13.0. The Kier molecular flexibility index (Phi) is 7.99. The largest absolute Gasteiger partial charge is 0.416 e. The lowest BCUT2D eigenvalue weighted by Gasteiger charge is -2.38. The van der Waals surface area contributed by atoms with Gasteiger partial charge in [0.25, 0.3) is 0 Å². The molecule has 0 aliphatic rings. The molecule has 0 unspecified atom stereocenters. The third kappa shape index (κ3) is 6.40. The minimum atomic E-state index is -5.01. The first kappa shape index (κ1) is 28.1. The summed E-state index contributed by atoms with van der Waals surface area (Å²) in [5.41, 5.74) is -3.68. The van der Waals surface area contributed by atoms with Gasteiger partial charge in [-0.15, -0.1) is 0 Å². The molecule has 0 amide bonds. The number of thiocarbonyl (C=S) groups is 1. The molecule has 0 bridgehead atoms. The van der Waals surface area contributed by atoms with Crippen molar-refractivity contribution in [3.05, 3.63) is 137 Å². The fourth-order valence-corrected chi connectivity index (χ4v) is 4.52.